The van der Waals surface area contributed by atoms with Crippen molar-refractivity contribution in [1.29, 1.82) is 0 Å². The molecule has 3 N–H and O–H groups in total. The number of benzene rings is 1. The molecule has 0 aliphatic rings. The van der Waals surface area contributed by atoms with Crippen molar-refractivity contribution in [3.05, 3.63) is 28.8 Å². The van der Waals surface area contributed by atoms with E-state index in [0.29, 0.717) is 23.6 Å². The first-order valence-electron chi connectivity index (χ1n) is 5.34. The molecular formula is C11H18Cl2N2O2S. The highest BCUT2D eigenvalue weighted by atomic mass is 35.5. The summed E-state index contributed by atoms with van der Waals surface area (Å²) in [6.07, 6.45) is 0.603. The van der Waals surface area contributed by atoms with Crippen LogP contribution in [0.5, 0.6) is 0 Å². The molecule has 1 aromatic rings. The summed E-state index contributed by atoms with van der Waals surface area (Å²) in [5, 5.41) is 0.525. The van der Waals surface area contributed by atoms with Crippen LogP contribution in [0.1, 0.15) is 18.9 Å². The van der Waals surface area contributed by atoms with Gasteiger partial charge in [-0.1, -0.05) is 11.6 Å². The van der Waals surface area contributed by atoms with Crippen molar-refractivity contribution in [2.24, 2.45) is 5.73 Å². The van der Waals surface area contributed by atoms with E-state index in [1.54, 1.807) is 19.1 Å². The summed E-state index contributed by atoms with van der Waals surface area (Å²) in [6, 6.07) is 4.67. The number of rotatable bonds is 5. The van der Waals surface area contributed by atoms with E-state index < -0.39 is 10.0 Å². The van der Waals surface area contributed by atoms with Crippen molar-refractivity contribution in [2.75, 3.05) is 6.54 Å². The summed E-state index contributed by atoms with van der Waals surface area (Å²) in [7, 11) is -3.47. The molecule has 0 saturated heterocycles. The maximum atomic E-state index is 12.0. The van der Waals surface area contributed by atoms with E-state index in [0.717, 1.165) is 0 Å². The first kappa shape index (κ1) is 17.7. The van der Waals surface area contributed by atoms with Crippen LogP contribution in [0.15, 0.2) is 23.1 Å². The molecule has 0 radical (unpaired) electrons. The Kier molecular flexibility index (Phi) is 7.17. The number of sulfonamides is 1. The molecule has 0 aromatic heterocycles. The molecule has 1 rings (SSSR count). The lowest BCUT2D eigenvalue weighted by molar-refractivity contribution is 0.571. The summed E-state index contributed by atoms with van der Waals surface area (Å²) in [4.78, 5) is 0.256. The van der Waals surface area contributed by atoms with Crippen molar-refractivity contribution >= 4 is 34.0 Å². The fourth-order valence-corrected chi connectivity index (χ4v) is 2.91. The van der Waals surface area contributed by atoms with Crippen molar-refractivity contribution < 1.29 is 8.42 Å². The second kappa shape index (κ2) is 7.31. The molecule has 1 unspecified atom stereocenters. The quantitative estimate of drug-likeness (QED) is 0.874. The van der Waals surface area contributed by atoms with Gasteiger partial charge in [-0.05, 0) is 44.0 Å². The normalized spacial score (nSPS) is 12.9. The molecule has 0 aliphatic carbocycles. The highest BCUT2D eigenvalue weighted by molar-refractivity contribution is 7.89. The fraction of sp³-hybridized carbons (Fsp3) is 0.455. The summed E-state index contributed by atoms with van der Waals surface area (Å²) >= 11 is 5.78. The van der Waals surface area contributed by atoms with Crippen LogP contribution in [0.3, 0.4) is 0 Å². The molecule has 0 heterocycles. The molecule has 0 amide bonds. The van der Waals surface area contributed by atoms with Crippen LogP contribution in [0.4, 0.5) is 0 Å². The number of hydrogen-bond acceptors (Lipinski definition) is 3. The third kappa shape index (κ3) is 5.12. The predicted molar refractivity (Wildman–Crippen MR) is 76.9 cm³/mol. The summed E-state index contributed by atoms with van der Waals surface area (Å²) < 4.78 is 26.4. The fourth-order valence-electron chi connectivity index (χ4n) is 1.41. The average Bonchev–Trinajstić information content (AvgIpc) is 2.15. The lowest BCUT2D eigenvalue weighted by Gasteiger charge is -2.10. The molecule has 104 valence electrons. The van der Waals surface area contributed by atoms with Crippen LogP contribution >= 0.6 is 24.0 Å². The Morgan fingerprint density at radius 3 is 2.56 bits per heavy atom. The van der Waals surface area contributed by atoms with E-state index >= 15 is 0 Å². The number of nitrogens with one attached hydrogen (secondary N) is 1. The van der Waals surface area contributed by atoms with Gasteiger partial charge < -0.3 is 5.73 Å². The lowest BCUT2D eigenvalue weighted by atomic mass is 10.2. The van der Waals surface area contributed by atoms with Gasteiger partial charge in [-0.3, -0.25) is 0 Å². The zero-order valence-electron chi connectivity index (χ0n) is 10.3. The van der Waals surface area contributed by atoms with Gasteiger partial charge >= 0.3 is 0 Å². The maximum absolute atomic E-state index is 12.0. The SMILES string of the molecule is Cc1cc(Cl)ccc1S(=O)(=O)NCCC(C)N.Cl. The summed E-state index contributed by atoms with van der Waals surface area (Å²) in [5.74, 6) is 0. The number of aryl methyl sites for hydroxylation is 1. The smallest absolute Gasteiger partial charge is 0.240 e. The van der Waals surface area contributed by atoms with Crippen molar-refractivity contribution in [1.82, 2.24) is 4.72 Å². The van der Waals surface area contributed by atoms with Gasteiger partial charge in [-0.2, -0.15) is 0 Å². The second-order valence-corrected chi connectivity index (χ2v) is 6.25. The standard InChI is InChI=1S/C11H17ClN2O2S.ClH/c1-8-7-10(12)3-4-11(8)17(15,16)14-6-5-9(2)13;/h3-4,7,9,14H,5-6,13H2,1-2H3;1H. The van der Waals surface area contributed by atoms with Gasteiger partial charge in [0.05, 0.1) is 4.90 Å². The zero-order chi connectivity index (χ0) is 13.1. The molecule has 1 aromatic carbocycles. The van der Waals surface area contributed by atoms with E-state index in [2.05, 4.69) is 4.72 Å². The van der Waals surface area contributed by atoms with Crippen LogP contribution in [-0.2, 0) is 10.0 Å². The summed E-state index contributed by atoms with van der Waals surface area (Å²) in [6.45, 7) is 3.88. The molecule has 1 atom stereocenters. The second-order valence-electron chi connectivity index (χ2n) is 4.07. The van der Waals surface area contributed by atoms with Crippen LogP contribution in [0.25, 0.3) is 0 Å². The molecular weight excluding hydrogens is 295 g/mol. The summed E-state index contributed by atoms with van der Waals surface area (Å²) in [5.41, 5.74) is 6.19. The molecule has 0 aliphatic heterocycles. The monoisotopic (exact) mass is 312 g/mol. The Hall–Kier alpha value is -0.330. The van der Waals surface area contributed by atoms with Crippen LogP contribution < -0.4 is 10.5 Å². The molecule has 0 saturated carbocycles. The molecule has 0 fully saturated rings. The predicted octanol–water partition coefficient (Wildman–Crippen LogP) is 2.09. The Morgan fingerprint density at radius 2 is 2.06 bits per heavy atom. The number of halogens is 2. The van der Waals surface area contributed by atoms with Crippen molar-refractivity contribution in [3.8, 4) is 0 Å². The van der Waals surface area contributed by atoms with Crippen molar-refractivity contribution in [3.63, 3.8) is 0 Å². The first-order chi connectivity index (χ1) is 7.83. The Labute approximate surface area is 119 Å². The van der Waals surface area contributed by atoms with E-state index in [4.69, 9.17) is 17.3 Å². The van der Waals surface area contributed by atoms with Crippen molar-refractivity contribution in [2.45, 2.75) is 31.2 Å². The average molecular weight is 313 g/mol. The Balaban J connectivity index is 0.00000289. The van der Waals surface area contributed by atoms with Gasteiger partial charge in [0, 0.05) is 17.6 Å². The van der Waals surface area contributed by atoms with Gasteiger partial charge in [0.1, 0.15) is 0 Å². The minimum atomic E-state index is -3.47. The third-order valence-electron chi connectivity index (χ3n) is 2.32. The third-order valence-corrected chi connectivity index (χ3v) is 4.17. The zero-order valence-corrected chi connectivity index (χ0v) is 12.7. The Bertz CT molecular complexity index is 490. The molecule has 18 heavy (non-hydrogen) atoms. The van der Waals surface area contributed by atoms with Gasteiger partial charge in [-0.15, -0.1) is 12.4 Å². The first-order valence-corrected chi connectivity index (χ1v) is 7.20. The van der Waals surface area contributed by atoms with E-state index in [9.17, 15) is 8.42 Å². The molecule has 0 bridgehead atoms. The number of hydrogen-bond donors (Lipinski definition) is 2. The molecule has 7 heteroatoms. The van der Waals surface area contributed by atoms with Crippen LogP contribution in [0.2, 0.25) is 5.02 Å². The van der Waals surface area contributed by atoms with Gasteiger partial charge in [0.25, 0.3) is 0 Å². The number of nitrogens with two attached hydrogens (primary N) is 1. The van der Waals surface area contributed by atoms with Crippen LogP contribution in [0, 0.1) is 6.92 Å². The van der Waals surface area contributed by atoms with Gasteiger partial charge in [0.2, 0.25) is 10.0 Å². The van der Waals surface area contributed by atoms with Gasteiger partial charge in [0.15, 0.2) is 0 Å². The minimum absolute atomic E-state index is 0. The van der Waals surface area contributed by atoms with Crippen LogP contribution in [-0.4, -0.2) is 21.0 Å². The highest BCUT2D eigenvalue weighted by Gasteiger charge is 2.16. The highest BCUT2D eigenvalue weighted by Crippen LogP contribution is 2.19. The van der Waals surface area contributed by atoms with E-state index in [1.165, 1.54) is 6.07 Å². The van der Waals surface area contributed by atoms with Gasteiger partial charge in [-0.25, -0.2) is 13.1 Å². The minimum Gasteiger partial charge on any atom is -0.328 e. The maximum Gasteiger partial charge on any atom is 0.240 e. The molecule has 0 spiro atoms. The van der Waals surface area contributed by atoms with E-state index in [-0.39, 0.29) is 23.3 Å². The topological polar surface area (TPSA) is 72.2 Å². The lowest BCUT2D eigenvalue weighted by Crippen LogP contribution is -2.29. The largest absolute Gasteiger partial charge is 0.328 e. The molecule has 4 nitrogen and oxygen atoms in total. The van der Waals surface area contributed by atoms with E-state index in [1.807, 2.05) is 6.92 Å². The Morgan fingerprint density at radius 1 is 1.44 bits per heavy atom.